The average molecular weight is 416 g/mol. The van der Waals surface area contributed by atoms with Gasteiger partial charge in [0.1, 0.15) is 11.4 Å². The quantitative estimate of drug-likeness (QED) is 0.458. The molecule has 158 valence electrons. The van der Waals surface area contributed by atoms with E-state index in [2.05, 4.69) is 12.1 Å². The normalized spacial score (nSPS) is 16.5. The molecule has 0 N–H and O–H groups in total. The second-order valence-electron chi connectivity index (χ2n) is 8.68. The standard InChI is InChI=1S/C27H26FNO2/c1-27(2,3)31-26(30)29-24(20-14-16-22(28)17-15-20)18-23(19-10-6-4-7-11-19)25(29)21-12-8-5-9-13-21/h4-17,24H,18H2,1-3H3/t24-/m0/s1. The van der Waals surface area contributed by atoms with E-state index in [9.17, 15) is 9.18 Å². The first-order valence-corrected chi connectivity index (χ1v) is 10.4. The molecule has 1 aliphatic heterocycles. The van der Waals surface area contributed by atoms with Crippen molar-refractivity contribution in [3.8, 4) is 0 Å². The highest BCUT2D eigenvalue weighted by Crippen LogP contribution is 2.48. The lowest BCUT2D eigenvalue weighted by atomic mass is 9.96. The summed E-state index contributed by atoms with van der Waals surface area (Å²) in [6.07, 6.45) is 0.200. The van der Waals surface area contributed by atoms with Gasteiger partial charge in [-0.2, -0.15) is 0 Å². The molecular weight excluding hydrogens is 389 g/mol. The molecule has 1 atom stereocenters. The van der Waals surface area contributed by atoms with E-state index in [0.29, 0.717) is 6.42 Å². The molecular formula is C27H26FNO2. The van der Waals surface area contributed by atoms with Gasteiger partial charge in [0, 0.05) is 6.42 Å². The Morgan fingerprint density at radius 2 is 1.42 bits per heavy atom. The Labute approximate surface area is 182 Å². The molecule has 1 aliphatic rings. The number of nitrogens with zero attached hydrogens (tertiary/aromatic N) is 1. The Kier molecular flexibility index (Phi) is 5.64. The van der Waals surface area contributed by atoms with Crippen LogP contribution in [0.2, 0.25) is 0 Å². The maximum Gasteiger partial charge on any atom is 0.415 e. The van der Waals surface area contributed by atoms with Crippen LogP contribution in [0.15, 0.2) is 84.9 Å². The molecule has 0 radical (unpaired) electrons. The van der Waals surface area contributed by atoms with Gasteiger partial charge in [-0.3, -0.25) is 4.90 Å². The second kappa shape index (κ2) is 8.38. The number of amides is 1. The van der Waals surface area contributed by atoms with Crippen LogP contribution in [0.3, 0.4) is 0 Å². The number of carbonyl (C=O) groups is 1. The highest BCUT2D eigenvalue weighted by Gasteiger charge is 2.40. The van der Waals surface area contributed by atoms with Crippen molar-refractivity contribution in [2.45, 2.75) is 38.8 Å². The number of rotatable bonds is 3. The maximum atomic E-state index is 13.6. The van der Waals surface area contributed by atoms with Crippen LogP contribution in [0.25, 0.3) is 11.3 Å². The number of carbonyl (C=O) groups excluding carboxylic acids is 1. The maximum absolute atomic E-state index is 13.6. The van der Waals surface area contributed by atoms with Gasteiger partial charge in [-0.25, -0.2) is 9.18 Å². The summed E-state index contributed by atoms with van der Waals surface area (Å²) >= 11 is 0. The van der Waals surface area contributed by atoms with E-state index >= 15 is 0 Å². The highest BCUT2D eigenvalue weighted by atomic mass is 19.1. The molecule has 0 saturated carbocycles. The molecule has 0 bridgehead atoms. The van der Waals surface area contributed by atoms with Crippen LogP contribution in [0.5, 0.6) is 0 Å². The fourth-order valence-electron chi connectivity index (χ4n) is 3.97. The van der Waals surface area contributed by atoms with Crippen LogP contribution in [-0.4, -0.2) is 16.6 Å². The minimum atomic E-state index is -0.637. The van der Waals surface area contributed by atoms with E-state index in [4.69, 9.17) is 4.74 Å². The van der Waals surface area contributed by atoms with Crippen molar-refractivity contribution in [2.24, 2.45) is 0 Å². The third-order valence-electron chi connectivity index (χ3n) is 5.25. The Bertz CT molecular complexity index is 1080. The molecule has 3 nitrogen and oxygen atoms in total. The number of hydrogen-bond donors (Lipinski definition) is 0. The fraction of sp³-hybridized carbons (Fsp3) is 0.222. The summed E-state index contributed by atoms with van der Waals surface area (Å²) in [5.41, 5.74) is 4.12. The summed E-state index contributed by atoms with van der Waals surface area (Å²) in [4.78, 5) is 15.2. The topological polar surface area (TPSA) is 29.5 Å². The molecule has 3 aromatic rings. The van der Waals surface area contributed by atoms with Crippen molar-refractivity contribution in [3.63, 3.8) is 0 Å². The van der Waals surface area contributed by atoms with Crippen molar-refractivity contribution in [1.29, 1.82) is 0 Å². The van der Waals surface area contributed by atoms with Crippen molar-refractivity contribution in [1.82, 2.24) is 4.90 Å². The highest BCUT2D eigenvalue weighted by molar-refractivity contribution is 5.99. The van der Waals surface area contributed by atoms with E-state index in [1.54, 1.807) is 17.0 Å². The average Bonchev–Trinajstić information content (AvgIpc) is 3.15. The minimum absolute atomic E-state index is 0.291. The molecule has 3 aromatic carbocycles. The molecule has 0 spiro atoms. The zero-order valence-corrected chi connectivity index (χ0v) is 18.0. The number of hydrogen-bond acceptors (Lipinski definition) is 2. The Morgan fingerprint density at radius 3 is 1.97 bits per heavy atom. The summed E-state index contributed by atoms with van der Waals surface area (Å²) < 4.78 is 19.4. The summed E-state index contributed by atoms with van der Waals surface area (Å²) in [6.45, 7) is 5.58. The number of halogens is 1. The summed E-state index contributed by atoms with van der Waals surface area (Å²) in [5, 5.41) is 0. The molecule has 1 amide bonds. The van der Waals surface area contributed by atoms with Crippen LogP contribution in [-0.2, 0) is 4.74 Å². The monoisotopic (exact) mass is 415 g/mol. The van der Waals surface area contributed by atoms with Gasteiger partial charge < -0.3 is 4.74 Å². The van der Waals surface area contributed by atoms with E-state index in [1.165, 1.54) is 12.1 Å². The van der Waals surface area contributed by atoms with Crippen LogP contribution in [0, 0.1) is 5.82 Å². The lowest BCUT2D eigenvalue weighted by Crippen LogP contribution is -2.36. The Hall–Kier alpha value is -3.40. The van der Waals surface area contributed by atoms with Crippen LogP contribution >= 0.6 is 0 Å². The smallest absolute Gasteiger partial charge is 0.415 e. The zero-order valence-electron chi connectivity index (χ0n) is 18.0. The molecule has 0 aromatic heterocycles. The van der Waals surface area contributed by atoms with Crippen LogP contribution in [0.4, 0.5) is 9.18 Å². The van der Waals surface area contributed by atoms with Gasteiger partial charge in [-0.15, -0.1) is 0 Å². The third kappa shape index (κ3) is 4.53. The first kappa shape index (κ1) is 20.9. The second-order valence-corrected chi connectivity index (χ2v) is 8.68. The number of benzene rings is 3. The van der Waals surface area contributed by atoms with Gasteiger partial charge in [0.15, 0.2) is 0 Å². The largest absolute Gasteiger partial charge is 0.443 e. The summed E-state index contributed by atoms with van der Waals surface area (Å²) in [7, 11) is 0. The van der Waals surface area contributed by atoms with Gasteiger partial charge in [0.2, 0.25) is 0 Å². The molecule has 0 fully saturated rings. The van der Waals surface area contributed by atoms with Crippen molar-refractivity contribution in [2.75, 3.05) is 0 Å². The number of ether oxygens (including phenoxy) is 1. The first-order valence-electron chi connectivity index (χ1n) is 10.4. The van der Waals surface area contributed by atoms with Crippen LogP contribution in [0.1, 0.15) is 49.9 Å². The first-order chi connectivity index (χ1) is 14.8. The molecule has 4 heteroatoms. The molecule has 4 rings (SSSR count). The molecule has 1 heterocycles. The summed E-state index contributed by atoms with van der Waals surface area (Å²) in [6, 6.07) is 26.0. The van der Waals surface area contributed by atoms with Gasteiger partial charge in [-0.1, -0.05) is 72.8 Å². The Morgan fingerprint density at radius 1 is 0.871 bits per heavy atom. The lowest BCUT2D eigenvalue weighted by molar-refractivity contribution is 0.0306. The van der Waals surface area contributed by atoms with E-state index < -0.39 is 11.7 Å². The predicted octanol–water partition coefficient (Wildman–Crippen LogP) is 7.08. The SMILES string of the molecule is CC(C)(C)OC(=O)N1C(c2ccccc2)=C(c2ccccc2)C[C@H]1c1ccc(F)cc1. The van der Waals surface area contributed by atoms with Crippen molar-refractivity contribution in [3.05, 3.63) is 107 Å². The van der Waals surface area contributed by atoms with Gasteiger partial charge in [0.05, 0.1) is 11.7 Å². The summed E-state index contributed by atoms with van der Waals surface area (Å²) in [5.74, 6) is -0.301. The third-order valence-corrected chi connectivity index (χ3v) is 5.25. The van der Waals surface area contributed by atoms with Gasteiger partial charge in [0.25, 0.3) is 0 Å². The molecule has 0 aliphatic carbocycles. The minimum Gasteiger partial charge on any atom is -0.443 e. The molecule has 0 unspecified atom stereocenters. The molecule has 0 saturated heterocycles. The molecule has 31 heavy (non-hydrogen) atoms. The fourth-order valence-corrected chi connectivity index (χ4v) is 3.97. The van der Waals surface area contributed by atoms with Crippen molar-refractivity contribution >= 4 is 17.4 Å². The lowest BCUT2D eigenvalue weighted by Gasteiger charge is -2.31. The van der Waals surface area contributed by atoms with E-state index in [0.717, 1.165) is 28.0 Å². The van der Waals surface area contributed by atoms with Crippen molar-refractivity contribution < 1.29 is 13.9 Å². The van der Waals surface area contributed by atoms with E-state index in [-0.39, 0.29) is 11.9 Å². The van der Waals surface area contributed by atoms with Gasteiger partial charge >= 0.3 is 6.09 Å². The zero-order chi connectivity index (χ0) is 22.0. The van der Waals surface area contributed by atoms with Crippen LogP contribution < -0.4 is 0 Å². The van der Waals surface area contributed by atoms with Gasteiger partial charge in [-0.05, 0) is 55.2 Å². The van der Waals surface area contributed by atoms with E-state index in [1.807, 2.05) is 69.3 Å². The predicted molar refractivity (Wildman–Crippen MR) is 122 cm³/mol. The Balaban J connectivity index is 1.89.